The minimum Gasteiger partial charge on any atom is -0.367 e. The number of nitrogens with zero attached hydrogens (tertiary/aromatic N) is 2. The van der Waals surface area contributed by atoms with E-state index >= 15 is 0 Å². The lowest BCUT2D eigenvalue weighted by molar-refractivity contribution is 0.520. The standard InChI is InChI=1S/C17H26N4/c1-12(2)8-7-9-13(3)19-16-14-10-5-6-11-15(14)20-17(18-4)21-16/h5-6,10-13H,7-9H2,1-4H3,(H2,18,19,20,21). The van der Waals surface area contributed by atoms with E-state index in [1.165, 1.54) is 12.8 Å². The second kappa shape index (κ2) is 7.25. The van der Waals surface area contributed by atoms with Crippen LogP contribution in [0.25, 0.3) is 10.9 Å². The number of rotatable bonds is 7. The molecule has 1 aromatic heterocycles. The highest BCUT2D eigenvalue weighted by molar-refractivity contribution is 5.90. The van der Waals surface area contributed by atoms with Crippen LogP contribution in [0.5, 0.6) is 0 Å². The molecule has 4 heteroatoms. The lowest BCUT2D eigenvalue weighted by Crippen LogP contribution is -2.17. The van der Waals surface area contributed by atoms with Crippen molar-refractivity contribution in [1.29, 1.82) is 0 Å². The van der Waals surface area contributed by atoms with E-state index in [-0.39, 0.29) is 0 Å². The smallest absolute Gasteiger partial charge is 0.224 e. The van der Waals surface area contributed by atoms with Gasteiger partial charge in [0, 0.05) is 18.5 Å². The quantitative estimate of drug-likeness (QED) is 0.797. The number of anilines is 2. The van der Waals surface area contributed by atoms with Gasteiger partial charge in [-0.05, 0) is 31.4 Å². The maximum absolute atomic E-state index is 4.57. The number of hydrogen-bond acceptors (Lipinski definition) is 4. The van der Waals surface area contributed by atoms with Gasteiger partial charge in [-0.15, -0.1) is 0 Å². The zero-order valence-corrected chi connectivity index (χ0v) is 13.5. The second-order valence-corrected chi connectivity index (χ2v) is 6.03. The van der Waals surface area contributed by atoms with Gasteiger partial charge in [-0.2, -0.15) is 4.98 Å². The maximum Gasteiger partial charge on any atom is 0.224 e. The predicted molar refractivity (Wildman–Crippen MR) is 90.9 cm³/mol. The molecule has 0 fully saturated rings. The normalized spacial score (nSPS) is 12.6. The molecule has 2 rings (SSSR count). The topological polar surface area (TPSA) is 49.8 Å². The second-order valence-electron chi connectivity index (χ2n) is 6.03. The summed E-state index contributed by atoms with van der Waals surface area (Å²) in [6.45, 7) is 6.76. The van der Waals surface area contributed by atoms with Crippen molar-refractivity contribution in [3.05, 3.63) is 24.3 Å². The van der Waals surface area contributed by atoms with Crippen LogP contribution in [0, 0.1) is 5.92 Å². The summed E-state index contributed by atoms with van der Waals surface area (Å²) in [6, 6.07) is 8.53. The Hall–Kier alpha value is -1.84. The molecule has 1 aromatic carbocycles. The van der Waals surface area contributed by atoms with Crippen LogP contribution in [0.2, 0.25) is 0 Å². The molecule has 0 bridgehead atoms. The molecule has 2 N–H and O–H groups in total. The molecule has 0 spiro atoms. The zero-order valence-electron chi connectivity index (χ0n) is 13.5. The Labute approximate surface area is 127 Å². The van der Waals surface area contributed by atoms with E-state index in [1.807, 2.05) is 25.2 Å². The molecule has 0 aliphatic rings. The summed E-state index contributed by atoms with van der Waals surface area (Å²) < 4.78 is 0. The first-order valence-electron chi connectivity index (χ1n) is 7.81. The fourth-order valence-electron chi connectivity index (χ4n) is 2.44. The lowest BCUT2D eigenvalue weighted by atomic mass is 10.0. The highest BCUT2D eigenvalue weighted by atomic mass is 15.1. The molecule has 1 heterocycles. The lowest BCUT2D eigenvalue weighted by Gasteiger charge is -2.17. The van der Waals surface area contributed by atoms with Crippen LogP contribution in [0.4, 0.5) is 11.8 Å². The summed E-state index contributed by atoms with van der Waals surface area (Å²) in [5.74, 6) is 2.35. The molecule has 0 saturated heterocycles. The summed E-state index contributed by atoms with van der Waals surface area (Å²) in [6.07, 6.45) is 3.68. The number of fused-ring (bicyclic) bond motifs is 1. The Bertz CT molecular complexity index is 580. The first-order valence-corrected chi connectivity index (χ1v) is 7.81. The number of aromatic nitrogens is 2. The van der Waals surface area contributed by atoms with Crippen LogP contribution in [-0.4, -0.2) is 23.1 Å². The molecular formula is C17H26N4. The molecule has 114 valence electrons. The van der Waals surface area contributed by atoms with E-state index in [1.54, 1.807) is 0 Å². The largest absolute Gasteiger partial charge is 0.367 e. The predicted octanol–water partition coefficient (Wildman–Crippen LogP) is 4.30. The number of nitrogens with one attached hydrogen (secondary N) is 2. The Kier molecular flexibility index (Phi) is 5.37. The van der Waals surface area contributed by atoms with E-state index in [4.69, 9.17) is 0 Å². The number of benzene rings is 1. The van der Waals surface area contributed by atoms with Crippen molar-refractivity contribution >= 4 is 22.7 Å². The average molecular weight is 286 g/mol. The van der Waals surface area contributed by atoms with Crippen LogP contribution < -0.4 is 10.6 Å². The van der Waals surface area contributed by atoms with Crippen molar-refractivity contribution in [1.82, 2.24) is 9.97 Å². The first kappa shape index (κ1) is 15.5. The molecule has 1 atom stereocenters. The van der Waals surface area contributed by atoms with Crippen molar-refractivity contribution in [3.8, 4) is 0 Å². The summed E-state index contributed by atoms with van der Waals surface area (Å²) in [5.41, 5.74) is 0.966. The third kappa shape index (κ3) is 4.31. The van der Waals surface area contributed by atoms with E-state index in [0.717, 1.165) is 29.1 Å². The van der Waals surface area contributed by atoms with Gasteiger partial charge in [0.1, 0.15) is 5.82 Å². The molecule has 1 unspecified atom stereocenters. The van der Waals surface area contributed by atoms with E-state index in [0.29, 0.717) is 12.0 Å². The van der Waals surface area contributed by atoms with Gasteiger partial charge in [-0.3, -0.25) is 0 Å². The van der Waals surface area contributed by atoms with Crippen LogP contribution in [0.1, 0.15) is 40.0 Å². The van der Waals surface area contributed by atoms with Crippen LogP contribution >= 0.6 is 0 Å². The van der Waals surface area contributed by atoms with Crippen molar-refractivity contribution < 1.29 is 0 Å². The maximum atomic E-state index is 4.57. The van der Waals surface area contributed by atoms with E-state index in [9.17, 15) is 0 Å². The fourth-order valence-corrected chi connectivity index (χ4v) is 2.44. The van der Waals surface area contributed by atoms with Gasteiger partial charge >= 0.3 is 0 Å². The zero-order chi connectivity index (χ0) is 15.2. The summed E-state index contributed by atoms with van der Waals surface area (Å²) in [7, 11) is 1.85. The molecule has 4 nitrogen and oxygen atoms in total. The van der Waals surface area contributed by atoms with Gasteiger partial charge in [0.15, 0.2) is 0 Å². The van der Waals surface area contributed by atoms with Crippen molar-refractivity contribution in [2.24, 2.45) is 5.92 Å². The summed E-state index contributed by atoms with van der Waals surface area (Å²) in [5, 5.41) is 7.65. The van der Waals surface area contributed by atoms with Crippen LogP contribution in [0.3, 0.4) is 0 Å². The Morgan fingerprint density at radius 2 is 1.81 bits per heavy atom. The molecule has 0 radical (unpaired) electrons. The van der Waals surface area contributed by atoms with E-state index < -0.39 is 0 Å². The van der Waals surface area contributed by atoms with Gasteiger partial charge in [0.05, 0.1) is 5.52 Å². The van der Waals surface area contributed by atoms with E-state index in [2.05, 4.69) is 47.4 Å². The highest BCUT2D eigenvalue weighted by Gasteiger charge is 2.09. The van der Waals surface area contributed by atoms with Gasteiger partial charge < -0.3 is 10.6 Å². The average Bonchev–Trinajstić information content (AvgIpc) is 2.46. The SMILES string of the molecule is CNc1nc(NC(C)CCCC(C)C)c2ccccc2n1. The number of hydrogen-bond donors (Lipinski definition) is 2. The Morgan fingerprint density at radius 3 is 2.52 bits per heavy atom. The van der Waals surface area contributed by atoms with Crippen LogP contribution in [-0.2, 0) is 0 Å². The minimum absolute atomic E-state index is 0.409. The third-order valence-corrected chi connectivity index (χ3v) is 3.63. The first-order chi connectivity index (χ1) is 10.1. The molecule has 0 saturated carbocycles. The number of para-hydroxylation sites is 1. The monoisotopic (exact) mass is 286 g/mol. The Morgan fingerprint density at radius 1 is 1.05 bits per heavy atom. The van der Waals surface area contributed by atoms with Crippen molar-refractivity contribution in [2.75, 3.05) is 17.7 Å². The van der Waals surface area contributed by atoms with Crippen LogP contribution in [0.15, 0.2) is 24.3 Å². The fraction of sp³-hybridized carbons (Fsp3) is 0.529. The third-order valence-electron chi connectivity index (χ3n) is 3.63. The van der Waals surface area contributed by atoms with Crippen molar-refractivity contribution in [2.45, 2.75) is 46.1 Å². The van der Waals surface area contributed by atoms with Gasteiger partial charge in [0.2, 0.25) is 5.95 Å². The van der Waals surface area contributed by atoms with Crippen molar-refractivity contribution in [3.63, 3.8) is 0 Å². The molecule has 2 aromatic rings. The summed E-state index contributed by atoms with van der Waals surface area (Å²) in [4.78, 5) is 9.05. The molecule has 21 heavy (non-hydrogen) atoms. The minimum atomic E-state index is 0.409. The molecular weight excluding hydrogens is 260 g/mol. The van der Waals surface area contributed by atoms with Gasteiger partial charge in [-0.1, -0.05) is 38.8 Å². The molecule has 0 amide bonds. The van der Waals surface area contributed by atoms with Gasteiger partial charge in [0.25, 0.3) is 0 Å². The summed E-state index contributed by atoms with van der Waals surface area (Å²) >= 11 is 0. The molecule has 0 aliphatic carbocycles. The van der Waals surface area contributed by atoms with Gasteiger partial charge in [-0.25, -0.2) is 4.98 Å². The highest BCUT2D eigenvalue weighted by Crippen LogP contribution is 2.23. The molecule has 0 aliphatic heterocycles. The Balaban J connectivity index is 2.13.